The zero-order chi connectivity index (χ0) is 22.1. The summed E-state index contributed by atoms with van der Waals surface area (Å²) in [6.07, 6.45) is 9.25. The molecule has 2 aliphatic heterocycles. The lowest BCUT2D eigenvalue weighted by molar-refractivity contribution is 0.130. The standard InChI is InChI=1S/C24H40N4O2S/c1-24(2,3)28-31(29,30)19-12-10-17(11-13-19)18-15-20-21(26-16-18)7-6-8-22(20)27-23-9-4-5-14-25-23/h10-13,18,20-23,25-28H,4-9,14-16H2,1-3H3. The molecule has 2 saturated heterocycles. The van der Waals surface area contributed by atoms with Crippen LogP contribution in [0.5, 0.6) is 0 Å². The van der Waals surface area contributed by atoms with Gasteiger partial charge in [0.15, 0.2) is 0 Å². The molecule has 1 aromatic rings. The Morgan fingerprint density at radius 2 is 1.74 bits per heavy atom. The number of fused-ring (bicyclic) bond motifs is 1. The van der Waals surface area contributed by atoms with E-state index in [4.69, 9.17) is 0 Å². The average Bonchev–Trinajstić information content (AvgIpc) is 2.73. The van der Waals surface area contributed by atoms with Crippen molar-refractivity contribution in [2.24, 2.45) is 5.92 Å². The highest BCUT2D eigenvalue weighted by Gasteiger charge is 2.39. The quantitative estimate of drug-likeness (QED) is 0.557. The predicted molar refractivity (Wildman–Crippen MR) is 126 cm³/mol. The lowest BCUT2D eigenvalue weighted by atomic mass is 9.71. The number of hydrogen-bond acceptors (Lipinski definition) is 5. The fourth-order valence-electron chi connectivity index (χ4n) is 5.65. The van der Waals surface area contributed by atoms with Gasteiger partial charge < -0.3 is 10.6 Å². The molecule has 0 bridgehead atoms. The Balaban J connectivity index is 1.43. The van der Waals surface area contributed by atoms with E-state index in [1.807, 2.05) is 32.9 Å². The summed E-state index contributed by atoms with van der Waals surface area (Å²) in [5.74, 6) is 1.05. The predicted octanol–water partition coefficient (Wildman–Crippen LogP) is 3.07. The maximum Gasteiger partial charge on any atom is 0.241 e. The molecule has 0 spiro atoms. The molecule has 174 valence electrons. The fraction of sp³-hybridized carbons (Fsp3) is 0.750. The van der Waals surface area contributed by atoms with Gasteiger partial charge in [-0.15, -0.1) is 0 Å². The third-order valence-corrected chi connectivity index (χ3v) is 8.85. The lowest BCUT2D eigenvalue weighted by Gasteiger charge is -2.46. The van der Waals surface area contributed by atoms with E-state index in [1.165, 1.54) is 44.1 Å². The minimum Gasteiger partial charge on any atom is -0.313 e. The van der Waals surface area contributed by atoms with Crippen molar-refractivity contribution >= 4 is 10.0 Å². The Labute approximate surface area is 188 Å². The molecule has 4 rings (SSSR count). The molecule has 5 unspecified atom stereocenters. The molecule has 0 radical (unpaired) electrons. The minimum absolute atomic E-state index is 0.341. The zero-order valence-corrected chi connectivity index (χ0v) is 20.1. The number of piperidine rings is 2. The van der Waals surface area contributed by atoms with Gasteiger partial charge in [0.1, 0.15) is 0 Å². The van der Waals surface area contributed by atoms with Gasteiger partial charge in [0.2, 0.25) is 10.0 Å². The summed E-state index contributed by atoms with van der Waals surface area (Å²) >= 11 is 0. The van der Waals surface area contributed by atoms with Crippen molar-refractivity contribution in [2.45, 2.75) is 100 Å². The molecule has 1 saturated carbocycles. The van der Waals surface area contributed by atoms with Gasteiger partial charge in [-0.1, -0.05) is 18.6 Å². The van der Waals surface area contributed by atoms with Gasteiger partial charge in [0, 0.05) is 24.2 Å². The van der Waals surface area contributed by atoms with Crippen molar-refractivity contribution in [2.75, 3.05) is 13.1 Å². The summed E-state index contributed by atoms with van der Waals surface area (Å²) in [5, 5.41) is 11.4. The molecule has 3 aliphatic rings. The van der Waals surface area contributed by atoms with Crippen LogP contribution in [-0.4, -0.2) is 45.3 Å². The summed E-state index contributed by atoms with van der Waals surface area (Å²) in [4.78, 5) is 0.341. The zero-order valence-electron chi connectivity index (χ0n) is 19.3. The minimum atomic E-state index is -3.49. The monoisotopic (exact) mass is 448 g/mol. The van der Waals surface area contributed by atoms with Gasteiger partial charge in [0.05, 0.1) is 11.1 Å². The number of hydrogen-bond donors (Lipinski definition) is 4. The molecule has 2 heterocycles. The van der Waals surface area contributed by atoms with Crippen molar-refractivity contribution in [3.05, 3.63) is 29.8 Å². The largest absolute Gasteiger partial charge is 0.313 e. The highest BCUT2D eigenvalue weighted by molar-refractivity contribution is 7.89. The molecule has 1 aromatic carbocycles. The summed E-state index contributed by atoms with van der Waals surface area (Å²) < 4.78 is 28.0. The summed E-state index contributed by atoms with van der Waals surface area (Å²) in [6.45, 7) is 7.68. The van der Waals surface area contributed by atoms with E-state index in [0.29, 0.717) is 35.0 Å². The van der Waals surface area contributed by atoms with Crippen LogP contribution in [0.15, 0.2) is 29.2 Å². The second-order valence-electron chi connectivity index (χ2n) is 10.7. The van der Waals surface area contributed by atoms with Crippen LogP contribution in [0, 0.1) is 5.92 Å². The van der Waals surface area contributed by atoms with E-state index >= 15 is 0 Å². The Morgan fingerprint density at radius 1 is 0.968 bits per heavy atom. The highest BCUT2D eigenvalue weighted by Crippen LogP contribution is 2.37. The summed E-state index contributed by atoms with van der Waals surface area (Å²) in [6, 6.07) is 8.70. The molecule has 7 heteroatoms. The van der Waals surface area contributed by atoms with Crippen LogP contribution in [0.4, 0.5) is 0 Å². The molecule has 31 heavy (non-hydrogen) atoms. The first-order valence-corrected chi connectivity index (χ1v) is 13.6. The first-order valence-electron chi connectivity index (χ1n) is 12.1. The molecular weight excluding hydrogens is 408 g/mol. The molecule has 5 atom stereocenters. The normalized spacial score (nSPS) is 32.4. The van der Waals surface area contributed by atoms with Crippen LogP contribution in [0.3, 0.4) is 0 Å². The third kappa shape index (κ3) is 5.88. The van der Waals surface area contributed by atoms with Crippen molar-refractivity contribution in [1.29, 1.82) is 0 Å². The van der Waals surface area contributed by atoms with E-state index in [-0.39, 0.29) is 0 Å². The van der Waals surface area contributed by atoms with E-state index in [0.717, 1.165) is 19.5 Å². The van der Waals surface area contributed by atoms with Crippen LogP contribution in [-0.2, 0) is 10.0 Å². The first kappa shape index (κ1) is 23.2. The highest BCUT2D eigenvalue weighted by atomic mass is 32.2. The van der Waals surface area contributed by atoms with Gasteiger partial charge in [-0.3, -0.25) is 5.32 Å². The van der Waals surface area contributed by atoms with Crippen LogP contribution in [0.2, 0.25) is 0 Å². The smallest absolute Gasteiger partial charge is 0.241 e. The molecule has 0 aromatic heterocycles. The fourth-order valence-corrected chi connectivity index (χ4v) is 7.07. The third-order valence-electron chi connectivity index (χ3n) is 7.07. The second-order valence-corrected chi connectivity index (χ2v) is 12.4. The Morgan fingerprint density at radius 3 is 2.42 bits per heavy atom. The van der Waals surface area contributed by atoms with E-state index in [9.17, 15) is 8.42 Å². The van der Waals surface area contributed by atoms with E-state index in [2.05, 4.69) is 20.7 Å². The van der Waals surface area contributed by atoms with Gasteiger partial charge in [-0.05, 0) is 95.4 Å². The van der Waals surface area contributed by atoms with Crippen LogP contribution in [0.25, 0.3) is 0 Å². The number of nitrogens with one attached hydrogen (secondary N) is 4. The van der Waals surface area contributed by atoms with Gasteiger partial charge >= 0.3 is 0 Å². The molecular formula is C24H40N4O2S. The lowest BCUT2D eigenvalue weighted by Crippen LogP contribution is -2.59. The van der Waals surface area contributed by atoms with Gasteiger partial charge in [0.25, 0.3) is 0 Å². The average molecular weight is 449 g/mol. The Kier molecular flexibility index (Phi) is 7.08. The molecule has 1 aliphatic carbocycles. The van der Waals surface area contributed by atoms with Crippen molar-refractivity contribution in [3.63, 3.8) is 0 Å². The van der Waals surface area contributed by atoms with Crippen LogP contribution in [0.1, 0.15) is 77.2 Å². The van der Waals surface area contributed by atoms with Crippen molar-refractivity contribution in [3.8, 4) is 0 Å². The SMILES string of the molecule is CC(C)(C)NS(=O)(=O)c1ccc(C2CNC3CCCC(NC4CCCCN4)C3C2)cc1. The Hall–Kier alpha value is -0.990. The molecule has 0 amide bonds. The number of rotatable bonds is 5. The van der Waals surface area contributed by atoms with E-state index in [1.54, 1.807) is 12.1 Å². The number of benzene rings is 1. The summed E-state index contributed by atoms with van der Waals surface area (Å²) in [7, 11) is -3.49. The van der Waals surface area contributed by atoms with Gasteiger partial charge in [-0.2, -0.15) is 0 Å². The molecule has 6 nitrogen and oxygen atoms in total. The second kappa shape index (κ2) is 9.48. The maximum atomic E-state index is 12.6. The summed E-state index contributed by atoms with van der Waals surface area (Å²) in [5.41, 5.74) is 0.747. The van der Waals surface area contributed by atoms with Crippen LogP contribution >= 0.6 is 0 Å². The van der Waals surface area contributed by atoms with E-state index < -0.39 is 15.6 Å². The topological polar surface area (TPSA) is 82.3 Å². The van der Waals surface area contributed by atoms with Crippen LogP contribution < -0.4 is 20.7 Å². The first-order chi connectivity index (χ1) is 14.7. The number of sulfonamides is 1. The molecule has 4 N–H and O–H groups in total. The van der Waals surface area contributed by atoms with Crippen molar-refractivity contribution < 1.29 is 8.42 Å². The molecule has 3 fully saturated rings. The van der Waals surface area contributed by atoms with Gasteiger partial charge in [-0.25, -0.2) is 13.1 Å². The maximum absolute atomic E-state index is 12.6. The van der Waals surface area contributed by atoms with Crippen molar-refractivity contribution in [1.82, 2.24) is 20.7 Å². The Bertz CT molecular complexity index is 828.